The molecule has 0 radical (unpaired) electrons. The smallest absolute Gasteiger partial charge is 0.319 e. The summed E-state index contributed by atoms with van der Waals surface area (Å²) in [6.07, 6.45) is 1.57. The zero-order chi connectivity index (χ0) is 13.7. The normalized spacial score (nSPS) is 15.4. The van der Waals surface area contributed by atoms with Gasteiger partial charge in [0, 0.05) is 5.69 Å². The summed E-state index contributed by atoms with van der Waals surface area (Å²) in [6, 6.07) is 8.53. The quantitative estimate of drug-likeness (QED) is 0.621. The highest BCUT2D eigenvalue weighted by atomic mass is 16.3. The molecule has 6 nitrogen and oxygen atoms in total. The third-order valence-corrected chi connectivity index (χ3v) is 3.00. The van der Waals surface area contributed by atoms with E-state index in [4.69, 9.17) is 5.11 Å². The van der Waals surface area contributed by atoms with Gasteiger partial charge in [-0.2, -0.15) is 0 Å². The molecule has 1 saturated carbocycles. The van der Waals surface area contributed by atoms with Crippen molar-refractivity contribution in [3.63, 3.8) is 0 Å². The molecule has 3 amide bonds. The minimum atomic E-state index is -0.450. The van der Waals surface area contributed by atoms with Crippen molar-refractivity contribution >= 4 is 17.6 Å². The first-order valence-electron chi connectivity index (χ1n) is 6.15. The predicted molar refractivity (Wildman–Crippen MR) is 70.7 cm³/mol. The number of carbonyl (C=O) groups excluding carboxylic acids is 2. The van der Waals surface area contributed by atoms with E-state index in [2.05, 4.69) is 16.0 Å². The summed E-state index contributed by atoms with van der Waals surface area (Å²) in [6.45, 7) is -0.171. The highest BCUT2D eigenvalue weighted by Gasteiger charge is 2.43. The standard InChI is InChI=1S/C13H17N3O3/c17-9-13(6-7-13)16-11(18)8-14-12(19)15-10-4-2-1-3-5-10/h1-5,17H,6-9H2,(H,16,18)(H2,14,15,19). The molecular weight excluding hydrogens is 246 g/mol. The van der Waals surface area contributed by atoms with Gasteiger partial charge in [-0.1, -0.05) is 18.2 Å². The Morgan fingerprint density at radius 2 is 1.89 bits per heavy atom. The lowest BCUT2D eigenvalue weighted by Crippen LogP contribution is -2.45. The van der Waals surface area contributed by atoms with Crippen molar-refractivity contribution in [2.24, 2.45) is 0 Å². The van der Waals surface area contributed by atoms with Gasteiger partial charge in [0.15, 0.2) is 0 Å². The fourth-order valence-corrected chi connectivity index (χ4v) is 1.67. The number of hydrogen-bond donors (Lipinski definition) is 4. The summed E-state index contributed by atoms with van der Waals surface area (Å²) in [5.74, 6) is -0.297. The first-order valence-corrected chi connectivity index (χ1v) is 6.15. The maximum atomic E-state index is 11.5. The largest absolute Gasteiger partial charge is 0.394 e. The Balaban J connectivity index is 1.70. The van der Waals surface area contributed by atoms with Crippen LogP contribution in [0.1, 0.15) is 12.8 Å². The second-order valence-electron chi connectivity index (χ2n) is 4.66. The molecule has 0 spiro atoms. The Bertz CT molecular complexity index is 457. The van der Waals surface area contributed by atoms with Crippen LogP contribution < -0.4 is 16.0 Å². The van der Waals surface area contributed by atoms with E-state index in [1.807, 2.05) is 6.07 Å². The molecule has 1 aliphatic carbocycles. The number of aliphatic hydroxyl groups is 1. The van der Waals surface area contributed by atoms with Crippen LogP contribution in [0.3, 0.4) is 0 Å². The van der Waals surface area contributed by atoms with Gasteiger partial charge in [-0.3, -0.25) is 4.79 Å². The summed E-state index contributed by atoms with van der Waals surface area (Å²) in [4.78, 5) is 23.1. The van der Waals surface area contributed by atoms with Crippen LogP contribution in [0.2, 0.25) is 0 Å². The number of benzene rings is 1. The average molecular weight is 263 g/mol. The summed E-state index contributed by atoms with van der Waals surface area (Å²) in [5.41, 5.74) is 0.212. The molecule has 0 aliphatic heterocycles. The molecule has 19 heavy (non-hydrogen) atoms. The van der Waals surface area contributed by atoms with Gasteiger partial charge in [-0.15, -0.1) is 0 Å². The molecule has 0 aromatic heterocycles. The van der Waals surface area contributed by atoms with Gasteiger partial charge in [0.2, 0.25) is 5.91 Å². The van der Waals surface area contributed by atoms with E-state index in [9.17, 15) is 9.59 Å². The monoisotopic (exact) mass is 263 g/mol. The highest BCUT2D eigenvalue weighted by Crippen LogP contribution is 2.34. The van der Waals surface area contributed by atoms with Crippen molar-refractivity contribution in [2.45, 2.75) is 18.4 Å². The van der Waals surface area contributed by atoms with Gasteiger partial charge in [0.05, 0.1) is 18.7 Å². The van der Waals surface area contributed by atoms with Crippen LogP contribution in [0, 0.1) is 0 Å². The maximum absolute atomic E-state index is 11.5. The molecule has 4 N–H and O–H groups in total. The fourth-order valence-electron chi connectivity index (χ4n) is 1.67. The van der Waals surface area contributed by atoms with Crippen LogP contribution in [0.15, 0.2) is 30.3 Å². The summed E-state index contributed by atoms with van der Waals surface area (Å²) in [7, 11) is 0. The minimum Gasteiger partial charge on any atom is -0.394 e. The van der Waals surface area contributed by atoms with Crippen LogP contribution in [0.4, 0.5) is 10.5 Å². The van der Waals surface area contributed by atoms with Crippen LogP contribution in [-0.2, 0) is 4.79 Å². The van der Waals surface area contributed by atoms with E-state index in [0.717, 1.165) is 12.8 Å². The van der Waals surface area contributed by atoms with E-state index in [1.54, 1.807) is 24.3 Å². The van der Waals surface area contributed by atoms with Crippen molar-refractivity contribution in [3.05, 3.63) is 30.3 Å². The Morgan fingerprint density at radius 3 is 2.47 bits per heavy atom. The van der Waals surface area contributed by atoms with Gasteiger partial charge in [0.25, 0.3) is 0 Å². The van der Waals surface area contributed by atoms with Crippen LogP contribution in [0.5, 0.6) is 0 Å². The number of rotatable bonds is 5. The molecule has 0 saturated heterocycles. The predicted octanol–water partition coefficient (Wildman–Crippen LogP) is 0.449. The Morgan fingerprint density at radius 1 is 1.21 bits per heavy atom. The second kappa shape index (κ2) is 5.71. The molecule has 0 atom stereocenters. The number of hydrogen-bond acceptors (Lipinski definition) is 3. The lowest BCUT2D eigenvalue weighted by Gasteiger charge is -2.14. The average Bonchev–Trinajstić information content (AvgIpc) is 3.18. The Hall–Kier alpha value is -2.08. The zero-order valence-corrected chi connectivity index (χ0v) is 10.5. The number of para-hydroxylation sites is 1. The number of aliphatic hydroxyl groups excluding tert-OH is 1. The van der Waals surface area contributed by atoms with E-state index >= 15 is 0 Å². The molecule has 1 aromatic carbocycles. The highest BCUT2D eigenvalue weighted by molar-refractivity contribution is 5.92. The SMILES string of the molecule is O=C(CNC(=O)Nc1ccccc1)NC1(CO)CC1. The van der Waals surface area contributed by atoms with Crippen LogP contribution in [-0.4, -0.2) is 35.7 Å². The van der Waals surface area contributed by atoms with Crippen molar-refractivity contribution in [1.82, 2.24) is 10.6 Å². The number of urea groups is 1. The molecule has 1 fully saturated rings. The topological polar surface area (TPSA) is 90.5 Å². The third-order valence-electron chi connectivity index (χ3n) is 3.00. The van der Waals surface area contributed by atoms with E-state index in [1.165, 1.54) is 0 Å². The number of amides is 3. The molecule has 0 bridgehead atoms. The lowest BCUT2D eigenvalue weighted by molar-refractivity contribution is -0.121. The van der Waals surface area contributed by atoms with Crippen LogP contribution >= 0.6 is 0 Å². The number of nitrogens with one attached hydrogen (secondary N) is 3. The van der Waals surface area contributed by atoms with Crippen molar-refractivity contribution in [3.8, 4) is 0 Å². The second-order valence-corrected chi connectivity index (χ2v) is 4.66. The summed E-state index contributed by atoms with van der Waals surface area (Å²) < 4.78 is 0. The molecule has 6 heteroatoms. The molecule has 1 aromatic rings. The molecule has 0 heterocycles. The van der Waals surface area contributed by atoms with E-state index in [0.29, 0.717) is 5.69 Å². The van der Waals surface area contributed by atoms with Gasteiger partial charge < -0.3 is 21.1 Å². The van der Waals surface area contributed by atoms with E-state index in [-0.39, 0.29) is 19.1 Å². The lowest BCUT2D eigenvalue weighted by atomic mass is 10.3. The summed E-state index contributed by atoms with van der Waals surface area (Å²) >= 11 is 0. The van der Waals surface area contributed by atoms with Gasteiger partial charge in [-0.05, 0) is 25.0 Å². The zero-order valence-electron chi connectivity index (χ0n) is 10.5. The van der Waals surface area contributed by atoms with Crippen molar-refractivity contribution in [2.75, 3.05) is 18.5 Å². The van der Waals surface area contributed by atoms with Gasteiger partial charge >= 0.3 is 6.03 Å². The van der Waals surface area contributed by atoms with Crippen molar-refractivity contribution < 1.29 is 14.7 Å². The molecule has 1 aliphatic rings. The number of carbonyl (C=O) groups is 2. The first kappa shape index (κ1) is 13.4. The molecule has 2 rings (SSSR count). The van der Waals surface area contributed by atoms with Gasteiger partial charge in [0.1, 0.15) is 0 Å². The fraction of sp³-hybridized carbons (Fsp3) is 0.385. The Kier molecular flexibility index (Phi) is 4.01. The third kappa shape index (κ3) is 3.96. The minimum absolute atomic E-state index is 0.0606. The maximum Gasteiger partial charge on any atom is 0.319 e. The van der Waals surface area contributed by atoms with Gasteiger partial charge in [-0.25, -0.2) is 4.79 Å². The first-order chi connectivity index (χ1) is 9.13. The number of anilines is 1. The summed E-state index contributed by atoms with van der Waals surface area (Å²) in [5, 5.41) is 16.8. The molecular formula is C13H17N3O3. The van der Waals surface area contributed by atoms with Crippen molar-refractivity contribution in [1.29, 1.82) is 0 Å². The molecule has 0 unspecified atom stereocenters. The van der Waals surface area contributed by atoms with E-state index < -0.39 is 11.6 Å². The van der Waals surface area contributed by atoms with Crippen LogP contribution in [0.25, 0.3) is 0 Å². The Labute approximate surface area is 111 Å². The molecule has 102 valence electrons.